The normalized spacial score (nSPS) is 17.7. The Labute approximate surface area is 123 Å². The van der Waals surface area contributed by atoms with E-state index in [1.165, 1.54) is 6.08 Å². The number of hydrogen-bond acceptors (Lipinski definition) is 2. The van der Waals surface area contributed by atoms with Gasteiger partial charge in [0.05, 0.1) is 0 Å². The van der Waals surface area contributed by atoms with Crippen LogP contribution < -0.4 is 5.73 Å². The molecule has 21 heavy (non-hydrogen) atoms. The van der Waals surface area contributed by atoms with Crippen LogP contribution in [0.2, 0.25) is 0 Å². The Morgan fingerprint density at radius 1 is 1.14 bits per heavy atom. The van der Waals surface area contributed by atoms with E-state index in [0.29, 0.717) is 18.8 Å². The molecule has 0 saturated carbocycles. The van der Waals surface area contributed by atoms with Crippen LogP contribution in [-0.2, 0) is 5.41 Å². The van der Waals surface area contributed by atoms with Gasteiger partial charge in [-0.15, -0.1) is 0 Å². The summed E-state index contributed by atoms with van der Waals surface area (Å²) in [7, 11) is 0. The van der Waals surface area contributed by atoms with Crippen molar-refractivity contribution >= 4 is 5.69 Å². The molecule has 1 aliphatic rings. The maximum absolute atomic E-state index is 12.6. The molecule has 0 amide bonds. The highest BCUT2D eigenvalue weighted by molar-refractivity contribution is 5.41. The number of halogens is 3. The number of rotatable bonds is 3. The van der Waals surface area contributed by atoms with Gasteiger partial charge in [-0.3, -0.25) is 4.90 Å². The molecule has 0 fully saturated rings. The first-order chi connectivity index (χ1) is 9.68. The van der Waals surface area contributed by atoms with Gasteiger partial charge in [-0.1, -0.05) is 32.1 Å². The zero-order chi connectivity index (χ0) is 15.7. The summed E-state index contributed by atoms with van der Waals surface area (Å²) in [4.78, 5) is 2.06. The fourth-order valence-electron chi connectivity index (χ4n) is 2.70. The topological polar surface area (TPSA) is 29.3 Å². The maximum Gasteiger partial charge on any atom is 0.412 e. The zero-order valence-electron chi connectivity index (χ0n) is 12.4. The van der Waals surface area contributed by atoms with Gasteiger partial charge in [0, 0.05) is 36.3 Å². The van der Waals surface area contributed by atoms with Crippen LogP contribution in [0, 0.1) is 0 Å². The minimum absolute atomic E-state index is 0.0708. The number of hydrogen-bond donors (Lipinski definition) is 1. The molecule has 2 N–H and O–H groups in total. The quantitative estimate of drug-likeness (QED) is 0.680. The molecule has 0 unspecified atom stereocenters. The number of benzene rings is 1. The van der Waals surface area contributed by atoms with Gasteiger partial charge in [0.2, 0.25) is 0 Å². The molecule has 2 nitrogen and oxygen atoms in total. The summed E-state index contributed by atoms with van der Waals surface area (Å²) in [5.74, 6) is 0. The molecule has 0 radical (unpaired) electrons. The highest BCUT2D eigenvalue weighted by atomic mass is 19.4. The van der Waals surface area contributed by atoms with Crippen LogP contribution in [0.3, 0.4) is 0 Å². The molecule has 0 aromatic heterocycles. The minimum atomic E-state index is -4.18. The predicted molar refractivity (Wildman–Crippen MR) is 79.1 cm³/mol. The van der Waals surface area contributed by atoms with E-state index in [4.69, 9.17) is 5.73 Å². The van der Waals surface area contributed by atoms with Crippen molar-refractivity contribution in [2.24, 2.45) is 0 Å². The van der Waals surface area contributed by atoms with Crippen molar-refractivity contribution in [3.8, 4) is 0 Å². The van der Waals surface area contributed by atoms with Gasteiger partial charge >= 0.3 is 6.18 Å². The third-order valence-electron chi connectivity index (χ3n) is 3.97. The van der Waals surface area contributed by atoms with Crippen LogP contribution in [0.5, 0.6) is 0 Å². The first kappa shape index (κ1) is 15.9. The van der Waals surface area contributed by atoms with E-state index in [1.807, 2.05) is 24.3 Å². The summed E-state index contributed by atoms with van der Waals surface area (Å²) in [6.07, 6.45) is -2.80. The lowest BCUT2D eigenvalue weighted by atomic mass is 9.83. The number of nitrogens with zero attached hydrogens (tertiary/aromatic N) is 1. The van der Waals surface area contributed by atoms with Crippen LogP contribution in [0.15, 0.2) is 35.9 Å². The van der Waals surface area contributed by atoms with Crippen LogP contribution in [-0.4, -0.2) is 30.7 Å². The Balaban J connectivity index is 2.02. The largest absolute Gasteiger partial charge is 0.412 e. The van der Waals surface area contributed by atoms with Gasteiger partial charge in [-0.05, 0) is 24.1 Å². The Morgan fingerprint density at radius 2 is 1.76 bits per heavy atom. The lowest BCUT2D eigenvalue weighted by molar-refractivity contribution is -0.0961. The zero-order valence-corrected chi connectivity index (χ0v) is 12.4. The average molecular weight is 298 g/mol. The molecule has 1 aromatic carbocycles. The van der Waals surface area contributed by atoms with Crippen molar-refractivity contribution in [2.45, 2.75) is 31.9 Å². The fraction of sp³-hybridized carbons (Fsp3) is 0.500. The van der Waals surface area contributed by atoms with Crippen molar-refractivity contribution in [2.75, 3.05) is 25.4 Å². The number of nitrogens with two attached hydrogens (primary N) is 1. The second-order valence-electron chi connectivity index (χ2n) is 6.22. The van der Waals surface area contributed by atoms with E-state index in [1.54, 1.807) is 0 Å². The lowest BCUT2D eigenvalue weighted by Gasteiger charge is -2.35. The Kier molecular flexibility index (Phi) is 4.33. The number of alkyl halides is 3. The SMILES string of the molecule is CC(C)(CN1CC=C(C(F)(F)F)CC1)c1ccc(N)cc1. The standard InChI is InChI=1S/C16H21F3N2/c1-15(2,12-3-5-14(20)6-4-12)11-21-9-7-13(8-10-21)16(17,18)19/h3-7H,8-11,20H2,1-2H3. The minimum Gasteiger partial charge on any atom is -0.399 e. The summed E-state index contributed by atoms with van der Waals surface area (Å²) < 4.78 is 37.8. The molecule has 0 spiro atoms. The Bertz CT molecular complexity index is 515. The molecule has 0 saturated heterocycles. The second kappa shape index (κ2) is 5.72. The van der Waals surface area contributed by atoms with E-state index in [9.17, 15) is 13.2 Å². The van der Waals surface area contributed by atoms with E-state index < -0.39 is 11.7 Å². The van der Waals surface area contributed by atoms with Gasteiger partial charge in [0.25, 0.3) is 0 Å². The van der Waals surface area contributed by atoms with Gasteiger partial charge in [-0.25, -0.2) is 0 Å². The van der Waals surface area contributed by atoms with Gasteiger partial charge in [0.1, 0.15) is 0 Å². The van der Waals surface area contributed by atoms with Crippen molar-refractivity contribution in [3.63, 3.8) is 0 Å². The summed E-state index contributed by atoms with van der Waals surface area (Å²) in [5.41, 5.74) is 7.01. The van der Waals surface area contributed by atoms with Gasteiger partial charge in [0.15, 0.2) is 0 Å². The van der Waals surface area contributed by atoms with Gasteiger partial charge < -0.3 is 5.73 Å². The van der Waals surface area contributed by atoms with Crippen LogP contribution in [0.1, 0.15) is 25.8 Å². The van der Waals surface area contributed by atoms with Crippen LogP contribution >= 0.6 is 0 Å². The molecule has 5 heteroatoms. The summed E-state index contributed by atoms with van der Waals surface area (Å²) in [6.45, 7) is 5.72. The van der Waals surface area contributed by atoms with Crippen LogP contribution in [0.25, 0.3) is 0 Å². The molecular weight excluding hydrogens is 277 g/mol. The smallest absolute Gasteiger partial charge is 0.399 e. The molecule has 0 aliphatic carbocycles. The monoisotopic (exact) mass is 298 g/mol. The van der Waals surface area contributed by atoms with Crippen molar-refractivity contribution in [1.82, 2.24) is 4.90 Å². The van der Waals surface area contributed by atoms with E-state index >= 15 is 0 Å². The van der Waals surface area contributed by atoms with Crippen molar-refractivity contribution in [3.05, 3.63) is 41.5 Å². The van der Waals surface area contributed by atoms with Crippen molar-refractivity contribution < 1.29 is 13.2 Å². The van der Waals surface area contributed by atoms with E-state index in [0.717, 1.165) is 12.1 Å². The summed E-state index contributed by atoms with van der Waals surface area (Å²) in [5, 5.41) is 0. The molecule has 0 atom stereocenters. The Hall–Kier alpha value is -1.49. The third kappa shape index (κ3) is 4.00. The molecule has 0 bridgehead atoms. The summed E-state index contributed by atoms with van der Waals surface area (Å²) in [6, 6.07) is 7.68. The molecular formula is C16H21F3N2. The predicted octanol–water partition coefficient (Wildman–Crippen LogP) is 3.74. The Morgan fingerprint density at radius 3 is 2.24 bits per heavy atom. The van der Waals surface area contributed by atoms with E-state index in [-0.39, 0.29) is 11.8 Å². The first-order valence-electron chi connectivity index (χ1n) is 7.03. The maximum atomic E-state index is 12.6. The molecule has 1 heterocycles. The summed E-state index contributed by atoms with van der Waals surface area (Å²) >= 11 is 0. The lowest BCUT2D eigenvalue weighted by Crippen LogP contribution is -2.40. The average Bonchev–Trinajstić information content (AvgIpc) is 2.38. The third-order valence-corrected chi connectivity index (χ3v) is 3.97. The van der Waals surface area contributed by atoms with Crippen LogP contribution in [0.4, 0.5) is 18.9 Å². The molecule has 116 valence electrons. The molecule has 1 aliphatic heterocycles. The van der Waals surface area contributed by atoms with Gasteiger partial charge in [-0.2, -0.15) is 13.2 Å². The fourth-order valence-corrected chi connectivity index (χ4v) is 2.70. The highest BCUT2D eigenvalue weighted by Crippen LogP contribution is 2.32. The first-order valence-corrected chi connectivity index (χ1v) is 7.03. The number of nitrogen functional groups attached to an aromatic ring is 1. The molecule has 2 rings (SSSR count). The number of anilines is 1. The highest BCUT2D eigenvalue weighted by Gasteiger charge is 2.35. The van der Waals surface area contributed by atoms with E-state index in [2.05, 4.69) is 18.7 Å². The molecule has 1 aromatic rings. The van der Waals surface area contributed by atoms with Crippen molar-refractivity contribution in [1.29, 1.82) is 0 Å². The second-order valence-corrected chi connectivity index (χ2v) is 6.22.